The van der Waals surface area contributed by atoms with E-state index in [-0.39, 0.29) is 5.91 Å². The van der Waals surface area contributed by atoms with Gasteiger partial charge in [-0.3, -0.25) is 4.79 Å². The second-order valence-corrected chi connectivity index (χ2v) is 4.42. The van der Waals surface area contributed by atoms with Gasteiger partial charge in [-0.2, -0.15) is 0 Å². The van der Waals surface area contributed by atoms with Gasteiger partial charge in [0.1, 0.15) is 0 Å². The van der Waals surface area contributed by atoms with Crippen molar-refractivity contribution in [3.8, 4) is 0 Å². The van der Waals surface area contributed by atoms with E-state index < -0.39 is 5.60 Å². The van der Waals surface area contributed by atoms with E-state index in [1.54, 1.807) is 7.05 Å². The normalized spacial score (nSPS) is 20.7. The first kappa shape index (κ1) is 12.5. The van der Waals surface area contributed by atoms with Crippen molar-refractivity contribution in [1.29, 1.82) is 0 Å². The van der Waals surface area contributed by atoms with Crippen molar-refractivity contribution in [3.05, 3.63) is 0 Å². The molecule has 1 aliphatic carbocycles. The molecule has 0 heterocycles. The van der Waals surface area contributed by atoms with Gasteiger partial charge in [-0.25, -0.2) is 0 Å². The van der Waals surface area contributed by atoms with Crippen LogP contribution in [0.4, 0.5) is 0 Å². The van der Waals surface area contributed by atoms with Gasteiger partial charge in [0.2, 0.25) is 5.91 Å². The summed E-state index contributed by atoms with van der Waals surface area (Å²) in [6.45, 7) is 0.819. The number of likely N-dealkylation sites (N-methyl/N-ethyl adjacent to an activating group) is 1. The predicted octanol–water partition coefficient (Wildman–Crippen LogP) is 0.407. The topological polar surface area (TPSA) is 61.4 Å². The average Bonchev–Trinajstić information content (AvgIpc) is 2.43. The Morgan fingerprint density at radius 3 is 2.40 bits per heavy atom. The van der Waals surface area contributed by atoms with Gasteiger partial charge in [0.15, 0.2) is 0 Å². The van der Waals surface area contributed by atoms with E-state index in [1.165, 1.54) is 12.8 Å². The van der Waals surface area contributed by atoms with E-state index in [1.807, 2.05) is 0 Å². The maximum absolute atomic E-state index is 11.0. The third-order valence-corrected chi connectivity index (χ3v) is 3.05. The van der Waals surface area contributed by atoms with Crippen LogP contribution in [0.15, 0.2) is 0 Å². The zero-order valence-corrected chi connectivity index (χ0v) is 9.51. The number of hydrogen-bond acceptors (Lipinski definition) is 3. The minimum Gasteiger partial charge on any atom is -0.389 e. The molecule has 1 rings (SSSR count). The molecule has 0 aromatic rings. The Bertz CT molecular complexity index is 199. The molecule has 88 valence electrons. The molecule has 1 saturated carbocycles. The van der Waals surface area contributed by atoms with Gasteiger partial charge >= 0.3 is 0 Å². The molecule has 1 amide bonds. The first-order chi connectivity index (χ1) is 7.16. The summed E-state index contributed by atoms with van der Waals surface area (Å²) in [5, 5.41) is 15.8. The third kappa shape index (κ3) is 4.62. The Morgan fingerprint density at radius 1 is 1.27 bits per heavy atom. The van der Waals surface area contributed by atoms with Gasteiger partial charge in [-0.05, 0) is 12.8 Å². The smallest absolute Gasteiger partial charge is 0.233 e. The molecule has 0 spiro atoms. The van der Waals surface area contributed by atoms with Crippen LogP contribution >= 0.6 is 0 Å². The largest absolute Gasteiger partial charge is 0.389 e. The monoisotopic (exact) mass is 214 g/mol. The summed E-state index contributed by atoms with van der Waals surface area (Å²) in [4.78, 5) is 11.0. The van der Waals surface area contributed by atoms with Crippen molar-refractivity contribution in [1.82, 2.24) is 10.6 Å². The lowest BCUT2D eigenvalue weighted by molar-refractivity contribution is -0.119. The fraction of sp³-hybridized carbons (Fsp3) is 0.909. The fourth-order valence-corrected chi connectivity index (χ4v) is 2.06. The second-order valence-electron chi connectivity index (χ2n) is 4.42. The Labute approximate surface area is 91.4 Å². The van der Waals surface area contributed by atoms with Gasteiger partial charge < -0.3 is 15.7 Å². The van der Waals surface area contributed by atoms with Gasteiger partial charge in [0.05, 0.1) is 12.1 Å². The van der Waals surface area contributed by atoms with E-state index in [9.17, 15) is 9.90 Å². The van der Waals surface area contributed by atoms with Crippen LogP contribution in [0.2, 0.25) is 0 Å². The number of carbonyl (C=O) groups is 1. The van der Waals surface area contributed by atoms with Crippen molar-refractivity contribution >= 4 is 5.91 Å². The molecular formula is C11H22N2O2. The molecule has 4 heteroatoms. The lowest BCUT2D eigenvalue weighted by Crippen LogP contribution is -2.43. The van der Waals surface area contributed by atoms with Gasteiger partial charge in [0.25, 0.3) is 0 Å². The third-order valence-electron chi connectivity index (χ3n) is 3.05. The highest BCUT2D eigenvalue weighted by Gasteiger charge is 2.27. The predicted molar refractivity (Wildman–Crippen MR) is 59.6 cm³/mol. The van der Waals surface area contributed by atoms with Crippen molar-refractivity contribution in [2.75, 3.05) is 20.1 Å². The molecule has 1 aliphatic rings. The van der Waals surface area contributed by atoms with E-state index in [4.69, 9.17) is 0 Å². The minimum atomic E-state index is -0.593. The van der Waals surface area contributed by atoms with Crippen LogP contribution < -0.4 is 10.6 Å². The van der Waals surface area contributed by atoms with Crippen molar-refractivity contribution in [3.63, 3.8) is 0 Å². The summed E-state index contributed by atoms with van der Waals surface area (Å²) in [5.74, 6) is -0.0350. The summed E-state index contributed by atoms with van der Waals surface area (Å²) in [5.41, 5.74) is -0.593. The summed E-state index contributed by atoms with van der Waals surface area (Å²) in [6.07, 6.45) is 6.34. The molecule has 0 bridgehead atoms. The van der Waals surface area contributed by atoms with Crippen LogP contribution in [0.1, 0.15) is 38.5 Å². The maximum atomic E-state index is 11.0. The molecule has 4 nitrogen and oxygen atoms in total. The number of rotatable bonds is 4. The van der Waals surface area contributed by atoms with Crippen molar-refractivity contribution < 1.29 is 9.90 Å². The molecule has 1 fully saturated rings. The molecular weight excluding hydrogens is 192 g/mol. The van der Waals surface area contributed by atoms with Crippen molar-refractivity contribution in [2.24, 2.45) is 0 Å². The molecule has 0 radical (unpaired) electrons. The molecule has 0 aromatic heterocycles. The number of amides is 1. The maximum Gasteiger partial charge on any atom is 0.233 e. The van der Waals surface area contributed by atoms with Gasteiger partial charge in [-0.15, -0.1) is 0 Å². The molecule has 0 saturated heterocycles. The average molecular weight is 214 g/mol. The molecule has 0 unspecified atom stereocenters. The highest BCUT2D eigenvalue weighted by atomic mass is 16.3. The second kappa shape index (κ2) is 6.08. The highest BCUT2D eigenvalue weighted by molar-refractivity contribution is 5.77. The van der Waals surface area contributed by atoms with Crippen LogP contribution in [0.25, 0.3) is 0 Å². The van der Waals surface area contributed by atoms with Crippen LogP contribution in [0.3, 0.4) is 0 Å². The summed E-state index contributed by atoms with van der Waals surface area (Å²) in [7, 11) is 1.62. The van der Waals surface area contributed by atoms with Crippen molar-refractivity contribution in [2.45, 2.75) is 44.1 Å². The Balaban J connectivity index is 2.25. The summed E-state index contributed by atoms with van der Waals surface area (Å²) in [6, 6.07) is 0. The lowest BCUT2D eigenvalue weighted by Gasteiger charge is -2.26. The van der Waals surface area contributed by atoms with E-state index in [0.717, 1.165) is 25.7 Å². The summed E-state index contributed by atoms with van der Waals surface area (Å²) >= 11 is 0. The first-order valence-electron chi connectivity index (χ1n) is 5.80. The quantitative estimate of drug-likeness (QED) is 0.594. The van der Waals surface area contributed by atoms with Gasteiger partial charge in [-0.1, -0.05) is 25.7 Å². The lowest BCUT2D eigenvalue weighted by atomic mass is 9.94. The number of hydrogen-bond donors (Lipinski definition) is 3. The Hall–Kier alpha value is -0.610. The molecule has 0 atom stereocenters. The van der Waals surface area contributed by atoms with Gasteiger partial charge in [0, 0.05) is 13.6 Å². The number of aliphatic hydroxyl groups is 1. The zero-order valence-electron chi connectivity index (χ0n) is 9.51. The van der Waals surface area contributed by atoms with Crippen LogP contribution in [0, 0.1) is 0 Å². The number of carbonyl (C=O) groups excluding carboxylic acids is 1. The van der Waals surface area contributed by atoms with E-state index in [2.05, 4.69) is 10.6 Å². The van der Waals surface area contributed by atoms with Crippen LogP contribution in [-0.2, 0) is 4.79 Å². The van der Waals surface area contributed by atoms with E-state index >= 15 is 0 Å². The Kier molecular flexibility index (Phi) is 5.05. The molecule has 3 N–H and O–H groups in total. The Morgan fingerprint density at radius 2 is 1.87 bits per heavy atom. The molecule has 0 aliphatic heterocycles. The van der Waals surface area contributed by atoms with Crippen LogP contribution in [-0.4, -0.2) is 36.8 Å². The first-order valence-corrected chi connectivity index (χ1v) is 5.80. The fourth-order valence-electron chi connectivity index (χ4n) is 2.06. The molecule has 15 heavy (non-hydrogen) atoms. The summed E-state index contributed by atoms with van der Waals surface area (Å²) < 4.78 is 0. The zero-order chi connectivity index (χ0) is 11.1. The highest BCUT2D eigenvalue weighted by Crippen LogP contribution is 2.26. The standard InChI is InChI=1S/C11H22N2O2/c1-12-10(14)8-13-9-11(15)6-4-2-3-5-7-11/h13,15H,2-9H2,1H3,(H,12,14). The van der Waals surface area contributed by atoms with E-state index in [0.29, 0.717) is 13.1 Å². The SMILES string of the molecule is CNC(=O)CNCC1(O)CCCCCC1. The van der Waals surface area contributed by atoms with Crippen LogP contribution in [0.5, 0.6) is 0 Å². The number of nitrogens with one attached hydrogen (secondary N) is 2. The minimum absolute atomic E-state index is 0.0350. The molecule has 0 aromatic carbocycles.